The molecule has 1 fully saturated rings. The molecule has 156 valence electrons. The molecule has 2 aromatic carbocycles. The predicted molar refractivity (Wildman–Crippen MR) is 115 cm³/mol. The summed E-state index contributed by atoms with van der Waals surface area (Å²) >= 11 is 0. The third kappa shape index (κ3) is 3.21. The molecule has 30 heavy (non-hydrogen) atoms. The van der Waals surface area contributed by atoms with Gasteiger partial charge in [-0.05, 0) is 60.1 Å². The number of nitrogens with one attached hydrogen (secondary N) is 1. The fraction of sp³-hybridized carbons (Fsp3) is 0.400. The molecule has 1 unspecified atom stereocenters. The number of hydrogen-bond acceptors (Lipinski definition) is 3. The first-order valence-corrected chi connectivity index (χ1v) is 10.7. The molecule has 2 aliphatic heterocycles. The van der Waals surface area contributed by atoms with Gasteiger partial charge in [0.2, 0.25) is 0 Å². The SMILES string of the molecule is CC1(C)CC(=O)C2=C(C1)Nc1cc(N3CCCC3)ccc1C2c1ccc(F)c(F)c1. The fourth-order valence-corrected chi connectivity index (χ4v) is 5.21. The van der Waals surface area contributed by atoms with Crippen molar-refractivity contribution in [3.8, 4) is 0 Å². The van der Waals surface area contributed by atoms with E-state index < -0.39 is 11.6 Å². The third-order valence-electron chi connectivity index (χ3n) is 6.59. The lowest BCUT2D eigenvalue weighted by atomic mass is 9.68. The Morgan fingerprint density at radius 3 is 2.50 bits per heavy atom. The molecule has 0 saturated carbocycles. The van der Waals surface area contributed by atoms with E-state index in [0.29, 0.717) is 17.6 Å². The van der Waals surface area contributed by atoms with Crippen LogP contribution >= 0.6 is 0 Å². The second-order valence-electron chi connectivity index (χ2n) is 9.53. The van der Waals surface area contributed by atoms with Gasteiger partial charge in [-0.2, -0.15) is 0 Å². The molecule has 1 N–H and O–H groups in total. The molecule has 2 aromatic rings. The largest absolute Gasteiger partial charge is 0.371 e. The minimum absolute atomic E-state index is 0.0813. The predicted octanol–water partition coefficient (Wildman–Crippen LogP) is 5.77. The van der Waals surface area contributed by atoms with E-state index in [9.17, 15) is 13.6 Å². The van der Waals surface area contributed by atoms with Crippen molar-refractivity contribution >= 4 is 17.2 Å². The number of benzene rings is 2. The monoisotopic (exact) mass is 408 g/mol. The summed E-state index contributed by atoms with van der Waals surface area (Å²) < 4.78 is 27.8. The van der Waals surface area contributed by atoms with Gasteiger partial charge in [-0.15, -0.1) is 0 Å². The summed E-state index contributed by atoms with van der Waals surface area (Å²) in [6.45, 7) is 6.29. The second kappa shape index (κ2) is 6.93. The lowest BCUT2D eigenvalue weighted by Gasteiger charge is -2.39. The highest BCUT2D eigenvalue weighted by atomic mass is 19.2. The van der Waals surface area contributed by atoms with Crippen molar-refractivity contribution in [3.63, 3.8) is 0 Å². The van der Waals surface area contributed by atoms with Gasteiger partial charge >= 0.3 is 0 Å². The molecule has 1 saturated heterocycles. The molecular weight excluding hydrogens is 382 g/mol. The molecule has 0 bridgehead atoms. The van der Waals surface area contributed by atoms with Gasteiger partial charge in [0.1, 0.15) is 0 Å². The Bertz CT molecular complexity index is 1070. The van der Waals surface area contributed by atoms with E-state index in [-0.39, 0.29) is 17.1 Å². The van der Waals surface area contributed by atoms with Crippen molar-refractivity contribution in [1.82, 2.24) is 0 Å². The Kier molecular flexibility index (Phi) is 4.46. The van der Waals surface area contributed by atoms with Crippen molar-refractivity contribution in [2.45, 2.75) is 45.4 Å². The standard InChI is InChI=1S/C25H26F2N2O/c1-25(2)13-21-24(22(30)14-25)23(15-5-8-18(26)19(27)11-15)17-7-6-16(12-20(17)28-21)29-9-3-4-10-29/h5-8,11-12,23,28H,3-4,9-10,13-14H2,1-2H3. The van der Waals surface area contributed by atoms with Crippen LogP contribution in [0.25, 0.3) is 0 Å². The zero-order valence-corrected chi connectivity index (χ0v) is 17.4. The zero-order chi connectivity index (χ0) is 21.0. The number of ketones is 1. The molecule has 5 heteroatoms. The summed E-state index contributed by atoms with van der Waals surface area (Å²) in [6.07, 6.45) is 3.59. The highest BCUT2D eigenvalue weighted by Gasteiger charge is 2.40. The van der Waals surface area contributed by atoms with E-state index in [2.05, 4.69) is 36.2 Å². The number of carbonyl (C=O) groups excluding carboxylic acids is 1. The summed E-state index contributed by atoms with van der Waals surface area (Å²) in [5, 5.41) is 3.54. The van der Waals surface area contributed by atoms with E-state index in [4.69, 9.17) is 0 Å². The second-order valence-corrected chi connectivity index (χ2v) is 9.53. The molecule has 0 aromatic heterocycles. The summed E-state index contributed by atoms with van der Waals surface area (Å²) in [7, 11) is 0. The Morgan fingerprint density at radius 2 is 1.77 bits per heavy atom. The van der Waals surface area contributed by atoms with Crippen LogP contribution in [0.3, 0.4) is 0 Å². The Morgan fingerprint density at radius 1 is 1.00 bits per heavy atom. The van der Waals surface area contributed by atoms with Crippen LogP contribution in [0, 0.1) is 17.0 Å². The Balaban J connectivity index is 1.66. The smallest absolute Gasteiger partial charge is 0.162 e. The Labute approximate surface area is 175 Å². The van der Waals surface area contributed by atoms with Crippen LogP contribution in [-0.4, -0.2) is 18.9 Å². The van der Waals surface area contributed by atoms with Gasteiger partial charge in [0.25, 0.3) is 0 Å². The van der Waals surface area contributed by atoms with E-state index in [1.54, 1.807) is 6.07 Å². The molecular formula is C25H26F2N2O. The third-order valence-corrected chi connectivity index (χ3v) is 6.59. The van der Waals surface area contributed by atoms with Gasteiger partial charge in [-0.25, -0.2) is 8.78 Å². The average molecular weight is 408 g/mol. The van der Waals surface area contributed by atoms with Crippen LogP contribution in [0.4, 0.5) is 20.2 Å². The molecule has 0 spiro atoms. The molecule has 1 aliphatic carbocycles. The first-order chi connectivity index (χ1) is 14.3. The lowest BCUT2D eigenvalue weighted by molar-refractivity contribution is -0.118. The molecule has 5 rings (SSSR count). The summed E-state index contributed by atoms with van der Waals surface area (Å²) in [6, 6.07) is 10.3. The lowest BCUT2D eigenvalue weighted by Crippen LogP contribution is -2.34. The van der Waals surface area contributed by atoms with Crippen molar-refractivity contribution in [3.05, 3.63) is 70.4 Å². The molecule has 2 heterocycles. The minimum atomic E-state index is -0.882. The highest BCUT2D eigenvalue weighted by molar-refractivity contribution is 6.01. The number of nitrogens with zero attached hydrogens (tertiary/aromatic N) is 1. The van der Waals surface area contributed by atoms with E-state index in [1.807, 2.05) is 6.07 Å². The van der Waals surface area contributed by atoms with Gasteiger partial charge in [0.15, 0.2) is 17.4 Å². The molecule has 3 aliphatic rings. The maximum atomic E-state index is 14.1. The Hall–Kier alpha value is -2.69. The highest BCUT2D eigenvalue weighted by Crippen LogP contribution is 2.49. The van der Waals surface area contributed by atoms with Crippen molar-refractivity contribution in [2.24, 2.45) is 5.41 Å². The maximum Gasteiger partial charge on any atom is 0.162 e. The van der Waals surface area contributed by atoms with Gasteiger partial charge < -0.3 is 10.2 Å². The topological polar surface area (TPSA) is 32.3 Å². The number of fused-ring (bicyclic) bond motifs is 1. The number of Topliss-reactive ketones (excluding diaryl/α,β-unsaturated/α-hetero) is 1. The normalized spacial score (nSPS) is 22.6. The van der Waals surface area contributed by atoms with Gasteiger partial charge in [-0.3, -0.25) is 4.79 Å². The van der Waals surface area contributed by atoms with Crippen LogP contribution < -0.4 is 10.2 Å². The van der Waals surface area contributed by atoms with E-state index in [0.717, 1.165) is 48.2 Å². The molecule has 3 nitrogen and oxygen atoms in total. The van der Waals surface area contributed by atoms with Crippen molar-refractivity contribution in [2.75, 3.05) is 23.3 Å². The minimum Gasteiger partial charge on any atom is -0.371 e. The van der Waals surface area contributed by atoms with Gasteiger partial charge in [0.05, 0.1) is 0 Å². The summed E-state index contributed by atoms with van der Waals surface area (Å²) in [5.41, 5.74) is 5.15. The summed E-state index contributed by atoms with van der Waals surface area (Å²) in [5.74, 6) is -2.06. The molecule has 0 amide bonds. The number of anilines is 2. The number of hydrogen-bond donors (Lipinski definition) is 1. The zero-order valence-electron chi connectivity index (χ0n) is 17.4. The van der Waals surface area contributed by atoms with Crippen LogP contribution in [0.1, 0.15) is 56.6 Å². The quantitative estimate of drug-likeness (QED) is 0.685. The fourth-order valence-electron chi connectivity index (χ4n) is 5.21. The van der Waals surface area contributed by atoms with Crippen LogP contribution in [0.15, 0.2) is 47.7 Å². The van der Waals surface area contributed by atoms with E-state index >= 15 is 0 Å². The van der Waals surface area contributed by atoms with Gasteiger partial charge in [-0.1, -0.05) is 26.0 Å². The molecule has 1 atom stereocenters. The number of rotatable bonds is 2. The van der Waals surface area contributed by atoms with Crippen LogP contribution in [0.5, 0.6) is 0 Å². The number of halogens is 2. The van der Waals surface area contributed by atoms with Crippen LogP contribution in [-0.2, 0) is 4.79 Å². The molecule has 0 radical (unpaired) electrons. The first-order valence-electron chi connectivity index (χ1n) is 10.7. The summed E-state index contributed by atoms with van der Waals surface area (Å²) in [4.78, 5) is 15.6. The van der Waals surface area contributed by atoms with Crippen molar-refractivity contribution < 1.29 is 13.6 Å². The van der Waals surface area contributed by atoms with E-state index in [1.165, 1.54) is 18.9 Å². The van der Waals surface area contributed by atoms with Crippen molar-refractivity contribution in [1.29, 1.82) is 0 Å². The number of allylic oxidation sites excluding steroid dienone is 2. The average Bonchev–Trinajstić information content (AvgIpc) is 3.22. The van der Waals surface area contributed by atoms with Crippen LogP contribution in [0.2, 0.25) is 0 Å². The maximum absolute atomic E-state index is 14.1. The first kappa shape index (κ1) is 19.3. The van der Waals surface area contributed by atoms with Gasteiger partial charge in [0, 0.05) is 48.1 Å². The number of carbonyl (C=O) groups is 1.